The Hall–Kier alpha value is -2.53. The van der Waals surface area contributed by atoms with E-state index in [4.69, 9.17) is 28.4 Å². The number of ether oxygens (including phenoxy) is 6. The quantitative estimate of drug-likeness (QED) is 0.138. The first-order valence-corrected chi connectivity index (χ1v) is 9.93. The lowest BCUT2D eigenvalue weighted by Gasteiger charge is -2.31. The van der Waals surface area contributed by atoms with Crippen LogP contribution in [-0.2, 0) is 42.8 Å². The lowest BCUT2D eigenvalue weighted by Crippen LogP contribution is -2.47. The van der Waals surface area contributed by atoms with Gasteiger partial charge in [-0.25, -0.2) is 14.4 Å². The number of aliphatic hydroxyl groups excluding tert-OH is 1. The van der Waals surface area contributed by atoms with E-state index in [-0.39, 0.29) is 69.6 Å². The minimum Gasteiger partial charge on any atom is -0.460 e. The van der Waals surface area contributed by atoms with E-state index in [1.807, 2.05) is 0 Å². The minimum atomic E-state index is -1.29. The Morgan fingerprint density at radius 3 is 1.31 bits per heavy atom. The largest absolute Gasteiger partial charge is 0.460 e. The molecule has 0 unspecified atom stereocenters. The molecule has 32 heavy (non-hydrogen) atoms. The van der Waals surface area contributed by atoms with E-state index in [1.165, 1.54) is 20.8 Å². The van der Waals surface area contributed by atoms with Gasteiger partial charge in [0, 0.05) is 16.7 Å². The van der Waals surface area contributed by atoms with Crippen LogP contribution in [0.1, 0.15) is 20.8 Å². The van der Waals surface area contributed by atoms with Crippen molar-refractivity contribution in [3.63, 3.8) is 0 Å². The summed E-state index contributed by atoms with van der Waals surface area (Å²) in [5.74, 6) is -1.63. The van der Waals surface area contributed by atoms with Gasteiger partial charge in [-0.1, -0.05) is 19.7 Å². The molecule has 0 spiro atoms. The summed E-state index contributed by atoms with van der Waals surface area (Å²) >= 11 is 0. The van der Waals surface area contributed by atoms with Crippen LogP contribution in [0.15, 0.2) is 36.5 Å². The molecule has 10 heteroatoms. The number of hydrogen-bond donors (Lipinski definition) is 1. The van der Waals surface area contributed by atoms with Crippen molar-refractivity contribution in [2.24, 2.45) is 0 Å². The van der Waals surface area contributed by atoms with Gasteiger partial charge in [0.25, 0.3) is 0 Å². The van der Waals surface area contributed by atoms with Gasteiger partial charge in [0.1, 0.15) is 25.4 Å². The van der Waals surface area contributed by atoms with Gasteiger partial charge in [0.05, 0.1) is 39.6 Å². The van der Waals surface area contributed by atoms with Crippen LogP contribution in [0.3, 0.4) is 0 Å². The highest BCUT2D eigenvalue weighted by Gasteiger charge is 2.32. The summed E-state index contributed by atoms with van der Waals surface area (Å²) in [5.41, 5.74) is -0.503. The molecule has 1 N–H and O–H groups in total. The van der Waals surface area contributed by atoms with Crippen LogP contribution >= 0.6 is 0 Å². The van der Waals surface area contributed by atoms with Crippen LogP contribution in [0.2, 0.25) is 0 Å². The van der Waals surface area contributed by atoms with Crippen LogP contribution < -0.4 is 0 Å². The number of aliphatic hydroxyl groups is 1. The summed E-state index contributed by atoms with van der Waals surface area (Å²) in [7, 11) is 0. The van der Waals surface area contributed by atoms with Gasteiger partial charge >= 0.3 is 17.9 Å². The Labute approximate surface area is 188 Å². The second kappa shape index (κ2) is 16.2. The van der Waals surface area contributed by atoms with E-state index >= 15 is 0 Å². The van der Waals surface area contributed by atoms with E-state index in [2.05, 4.69) is 19.7 Å². The Balaban J connectivity index is 4.66. The summed E-state index contributed by atoms with van der Waals surface area (Å²) in [6.45, 7) is 14.3. The van der Waals surface area contributed by atoms with Crippen LogP contribution in [0.5, 0.6) is 0 Å². The third-order valence-corrected chi connectivity index (χ3v) is 3.71. The lowest BCUT2D eigenvalue weighted by atomic mass is 10.1. The molecule has 182 valence electrons. The molecule has 0 aliphatic carbocycles. The lowest BCUT2D eigenvalue weighted by molar-refractivity contribution is -0.172. The predicted octanol–water partition coefficient (Wildman–Crippen LogP) is 1.13. The highest BCUT2D eigenvalue weighted by molar-refractivity contribution is 5.87. The molecule has 0 aromatic rings. The highest BCUT2D eigenvalue weighted by atomic mass is 16.6. The second-order valence-electron chi connectivity index (χ2n) is 7.04. The topological polar surface area (TPSA) is 127 Å². The Morgan fingerprint density at radius 2 is 1.00 bits per heavy atom. The monoisotopic (exact) mass is 458 g/mol. The first-order chi connectivity index (χ1) is 15.0. The summed E-state index contributed by atoms with van der Waals surface area (Å²) in [6, 6.07) is 0. The van der Waals surface area contributed by atoms with Gasteiger partial charge in [0.15, 0.2) is 0 Å². The normalized spacial score (nSPS) is 10.9. The van der Waals surface area contributed by atoms with E-state index in [9.17, 15) is 19.5 Å². The van der Waals surface area contributed by atoms with E-state index in [0.717, 1.165) is 0 Å². The SMILES string of the molecule is C=C(C)C(=O)OCCOCC(CO)(COCCOC(=O)C(=C)C)OCCOC(=O)C(=C)C. The third-order valence-electron chi connectivity index (χ3n) is 3.71. The Bertz CT molecular complexity index is 632. The van der Waals surface area contributed by atoms with Crippen molar-refractivity contribution >= 4 is 17.9 Å². The summed E-state index contributed by atoms with van der Waals surface area (Å²) in [5, 5.41) is 9.91. The molecule has 0 aromatic carbocycles. The zero-order chi connectivity index (χ0) is 24.6. The van der Waals surface area contributed by atoms with Gasteiger partial charge in [-0.15, -0.1) is 0 Å². The standard InChI is InChI=1S/C22H34O10/c1-16(2)19(24)29-9-7-27-14-22(13-23,32-12-11-31-21(26)18(5)6)15-28-8-10-30-20(25)17(3)4/h23H,1,3,5,7-15H2,2,4,6H3. The second-order valence-corrected chi connectivity index (χ2v) is 7.04. The fourth-order valence-corrected chi connectivity index (χ4v) is 1.93. The average Bonchev–Trinajstić information content (AvgIpc) is 2.74. The molecule has 0 radical (unpaired) electrons. The highest BCUT2D eigenvalue weighted by Crippen LogP contribution is 2.13. The molecule has 0 saturated heterocycles. The summed E-state index contributed by atoms with van der Waals surface area (Å²) in [6.07, 6.45) is 0. The van der Waals surface area contributed by atoms with Crippen molar-refractivity contribution in [1.29, 1.82) is 0 Å². The number of esters is 3. The predicted molar refractivity (Wildman–Crippen MR) is 115 cm³/mol. The van der Waals surface area contributed by atoms with Crippen molar-refractivity contribution in [3.05, 3.63) is 36.5 Å². The van der Waals surface area contributed by atoms with Crippen molar-refractivity contribution in [2.75, 3.05) is 59.5 Å². The van der Waals surface area contributed by atoms with Gasteiger partial charge in [-0.3, -0.25) is 0 Å². The molecule has 0 atom stereocenters. The number of carbonyl (C=O) groups is 3. The fourth-order valence-electron chi connectivity index (χ4n) is 1.93. The van der Waals surface area contributed by atoms with Crippen molar-refractivity contribution in [2.45, 2.75) is 26.4 Å². The first kappa shape index (κ1) is 29.5. The minimum absolute atomic E-state index is 0.0128. The van der Waals surface area contributed by atoms with Crippen LogP contribution in [-0.4, -0.2) is 88.1 Å². The number of hydrogen-bond acceptors (Lipinski definition) is 10. The van der Waals surface area contributed by atoms with Gasteiger partial charge in [-0.05, 0) is 20.8 Å². The maximum absolute atomic E-state index is 11.5. The van der Waals surface area contributed by atoms with Crippen molar-refractivity contribution in [1.82, 2.24) is 0 Å². The zero-order valence-electron chi connectivity index (χ0n) is 19.1. The summed E-state index contributed by atoms with van der Waals surface area (Å²) in [4.78, 5) is 34.2. The van der Waals surface area contributed by atoms with Crippen molar-refractivity contribution in [3.8, 4) is 0 Å². The van der Waals surface area contributed by atoms with Crippen LogP contribution in [0, 0.1) is 0 Å². The van der Waals surface area contributed by atoms with Gasteiger partial charge < -0.3 is 33.5 Å². The van der Waals surface area contributed by atoms with E-state index in [1.54, 1.807) is 0 Å². The van der Waals surface area contributed by atoms with Gasteiger partial charge in [0.2, 0.25) is 0 Å². The number of carbonyl (C=O) groups excluding carboxylic acids is 3. The Kier molecular flexibility index (Phi) is 14.9. The molecule has 0 saturated carbocycles. The molecule has 0 bridgehead atoms. The maximum Gasteiger partial charge on any atom is 0.333 e. The molecular formula is C22H34O10. The molecule has 0 fully saturated rings. The molecule has 0 rings (SSSR count). The molecule has 0 amide bonds. The van der Waals surface area contributed by atoms with E-state index < -0.39 is 30.1 Å². The zero-order valence-corrected chi connectivity index (χ0v) is 19.1. The van der Waals surface area contributed by atoms with E-state index in [0.29, 0.717) is 0 Å². The van der Waals surface area contributed by atoms with Gasteiger partial charge in [-0.2, -0.15) is 0 Å². The molecule has 0 aliphatic rings. The molecule has 0 aliphatic heterocycles. The summed E-state index contributed by atoms with van der Waals surface area (Å²) < 4.78 is 31.5. The molecular weight excluding hydrogens is 424 g/mol. The smallest absolute Gasteiger partial charge is 0.333 e. The molecule has 10 nitrogen and oxygen atoms in total. The molecule has 0 aromatic heterocycles. The first-order valence-electron chi connectivity index (χ1n) is 9.93. The fraction of sp³-hybridized carbons (Fsp3) is 0.591. The number of rotatable bonds is 18. The Morgan fingerprint density at radius 1 is 0.656 bits per heavy atom. The third kappa shape index (κ3) is 13.0. The van der Waals surface area contributed by atoms with Crippen LogP contribution in [0.4, 0.5) is 0 Å². The van der Waals surface area contributed by atoms with Crippen LogP contribution in [0.25, 0.3) is 0 Å². The maximum atomic E-state index is 11.5. The van der Waals surface area contributed by atoms with Crippen molar-refractivity contribution < 1.29 is 47.9 Å². The average molecular weight is 459 g/mol. The molecule has 0 heterocycles.